The fourth-order valence-corrected chi connectivity index (χ4v) is 2.33. The molecule has 142 valence electrons. The Balaban J connectivity index is 0.00000576. The van der Waals surface area contributed by atoms with Gasteiger partial charge in [-0.3, -0.25) is 9.79 Å². The van der Waals surface area contributed by atoms with Gasteiger partial charge in [0.2, 0.25) is 0 Å². The van der Waals surface area contributed by atoms with Crippen LogP contribution in [0.2, 0.25) is 0 Å². The molecule has 0 atom stereocenters. The molecule has 0 aliphatic heterocycles. The average Bonchev–Trinajstić information content (AvgIpc) is 2.58. The molecule has 0 aliphatic rings. The van der Waals surface area contributed by atoms with Crippen LogP contribution in [0.25, 0.3) is 0 Å². The van der Waals surface area contributed by atoms with E-state index in [-0.39, 0.29) is 29.9 Å². The zero-order chi connectivity index (χ0) is 17.6. The number of halogens is 2. The highest BCUT2D eigenvalue weighted by Crippen LogP contribution is 2.11. The third-order valence-corrected chi connectivity index (χ3v) is 3.55. The zero-order valence-electron chi connectivity index (χ0n) is 14.8. The number of carbonyl (C=O) groups is 1. The Kier molecular flexibility index (Phi) is 14.9. The second-order valence-corrected chi connectivity index (χ2v) is 5.92. The summed E-state index contributed by atoms with van der Waals surface area (Å²) in [5.74, 6) is 0.669. The van der Waals surface area contributed by atoms with E-state index in [1.807, 2.05) is 26.0 Å². The van der Waals surface area contributed by atoms with Crippen LogP contribution in [0.15, 0.2) is 33.7 Å². The smallest absolute Gasteiger partial charge is 0.251 e. The van der Waals surface area contributed by atoms with Gasteiger partial charge in [-0.1, -0.05) is 22.0 Å². The second kappa shape index (κ2) is 15.4. The third-order valence-electron chi connectivity index (χ3n) is 3.05. The highest BCUT2D eigenvalue weighted by molar-refractivity contribution is 14.0. The van der Waals surface area contributed by atoms with Gasteiger partial charge in [-0.15, -0.1) is 24.0 Å². The van der Waals surface area contributed by atoms with Crippen molar-refractivity contribution in [1.82, 2.24) is 16.0 Å². The highest BCUT2D eigenvalue weighted by atomic mass is 127. The summed E-state index contributed by atoms with van der Waals surface area (Å²) >= 11 is 3.36. The number of rotatable bonds is 10. The van der Waals surface area contributed by atoms with Gasteiger partial charge in [-0.25, -0.2) is 0 Å². The van der Waals surface area contributed by atoms with E-state index in [2.05, 4.69) is 36.9 Å². The number of carbonyl (C=O) groups excluding carboxylic acids is 1. The largest absolute Gasteiger partial charge is 0.382 e. The Labute approximate surface area is 175 Å². The van der Waals surface area contributed by atoms with Crippen LogP contribution in [0.5, 0.6) is 0 Å². The maximum absolute atomic E-state index is 12.0. The number of nitrogens with zero attached hydrogens (tertiary/aromatic N) is 1. The molecule has 1 amide bonds. The Morgan fingerprint density at radius 2 is 1.96 bits per heavy atom. The Bertz CT molecular complexity index is 529. The van der Waals surface area contributed by atoms with Crippen LogP contribution in [-0.4, -0.2) is 51.3 Å². The van der Waals surface area contributed by atoms with Crippen molar-refractivity contribution in [2.24, 2.45) is 4.99 Å². The van der Waals surface area contributed by atoms with Gasteiger partial charge < -0.3 is 20.7 Å². The van der Waals surface area contributed by atoms with Crippen molar-refractivity contribution in [2.75, 3.05) is 39.4 Å². The van der Waals surface area contributed by atoms with Crippen LogP contribution in [0, 0.1) is 0 Å². The van der Waals surface area contributed by atoms with Crippen molar-refractivity contribution < 1.29 is 9.53 Å². The van der Waals surface area contributed by atoms with E-state index in [0.29, 0.717) is 25.2 Å². The minimum absolute atomic E-state index is 0. The first-order valence-corrected chi connectivity index (χ1v) is 9.10. The molecule has 0 radical (unpaired) electrons. The molecule has 0 spiro atoms. The standard InChI is InChI=1S/C17H27BrN4O2.HI/c1-3-19-17(21-9-6-12-24-4-2)22-11-10-20-16(23)14-7-5-8-15(18)13-14;/h5,7-8,13H,3-4,6,9-12H2,1-2H3,(H,20,23)(H2,19,21,22);1H. The summed E-state index contributed by atoms with van der Waals surface area (Å²) in [5.41, 5.74) is 0.640. The predicted molar refractivity (Wildman–Crippen MR) is 117 cm³/mol. The molecule has 8 heteroatoms. The molecule has 3 N–H and O–H groups in total. The first-order chi connectivity index (χ1) is 11.7. The van der Waals surface area contributed by atoms with E-state index in [4.69, 9.17) is 4.74 Å². The Hall–Kier alpha value is -0.870. The van der Waals surface area contributed by atoms with Gasteiger partial charge in [0.05, 0.1) is 0 Å². The third kappa shape index (κ3) is 11.4. The van der Waals surface area contributed by atoms with Crippen molar-refractivity contribution in [3.63, 3.8) is 0 Å². The maximum Gasteiger partial charge on any atom is 0.251 e. The molecule has 25 heavy (non-hydrogen) atoms. The van der Waals surface area contributed by atoms with Gasteiger partial charge in [0.25, 0.3) is 5.91 Å². The normalized spacial score (nSPS) is 10.8. The number of guanidine groups is 1. The molecule has 0 saturated carbocycles. The lowest BCUT2D eigenvalue weighted by molar-refractivity contribution is 0.0954. The summed E-state index contributed by atoms with van der Waals surface area (Å²) in [4.78, 5) is 16.5. The Morgan fingerprint density at radius 3 is 2.64 bits per heavy atom. The number of aliphatic imine (C=N–C) groups is 1. The molecular weight excluding hydrogens is 499 g/mol. The fraction of sp³-hybridized carbons (Fsp3) is 0.529. The number of ether oxygens (including phenoxy) is 1. The van der Waals surface area contributed by atoms with E-state index in [1.54, 1.807) is 12.1 Å². The van der Waals surface area contributed by atoms with Crippen LogP contribution in [-0.2, 0) is 4.74 Å². The minimum Gasteiger partial charge on any atom is -0.382 e. The van der Waals surface area contributed by atoms with Crippen LogP contribution in [0.1, 0.15) is 30.6 Å². The second-order valence-electron chi connectivity index (χ2n) is 5.00. The lowest BCUT2D eigenvalue weighted by Gasteiger charge is -2.12. The van der Waals surface area contributed by atoms with E-state index in [0.717, 1.165) is 36.6 Å². The lowest BCUT2D eigenvalue weighted by atomic mass is 10.2. The number of hydrogen-bond acceptors (Lipinski definition) is 3. The summed E-state index contributed by atoms with van der Waals surface area (Å²) < 4.78 is 6.18. The minimum atomic E-state index is -0.0863. The highest BCUT2D eigenvalue weighted by Gasteiger charge is 2.04. The summed E-state index contributed by atoms with van der Waals surface area (Å²) in [6.07, 6.45) is 0.893. The molecule has 1 rings (SSSR count). The molecule has 0 aliphatic carbocycles. The first kappa shape index (κ1) is 24.1. The van der Waals surface area contributed by atoms with Crippen LogP contribution in [0.3, 0.4) is 0 Å². The molecule has 0 aromatic heterocycles. The molecule has 0 bridgehead atoms. The quantitative estimate of drug-likeness (QED) is 0.190. The topological polar surface area (TPSA) is 74.8 Å². The van der Waals surface area contributed by atoms with Crippen molar-refractivity contribution in [3.8, 4) is 0 Å². The average molecular weight is 527 g/mol. The van der Waals surface area contributed by atoms with E-state index in [9.17, 15) is 4.79 Å². The summed E-state index contributed by atoms with van der Waals surface area (Å²) in [7, 11) is 0. The molecule has 6 nitrogen and oxygen atoms in total. The van der Waals surface area contributed by atoms with E-state index < -0.39 is 0 Å². The molecule has 1 aromatic carbocycles. The molecule has 0 saturated heterocycles. The van der Waals surface area contributed by atoms with Gasteiger partial charge >= 0.3 is 0 Å². The van der Waals surface area contributed by atoms with Crippen LogP contribution in [0.4, 0.5) is 0 Å². The number of nitrogens with one attached hydrogen (secondary N) is 3. The number of hydrogen-bond donors (Lipinski definition) is 3. The molecule has 1 aromatic rings. The van der Waals surface area contributed by atoms with Gasteiger partial charge in [0.15, 0.2) is 5.96 Å². The van der Waals surface area contributed by atoms with Crippen LogP contribution >= 0.6 is 39.9 Å². The van der Waals surface area contributed by atoms with Gasteiger partial charge in [-0.05, 0) is 38.5 Å². The number of benzene rings is 1. The zero-order valence-corrected chi connectivity index (χ0v) is 18.7. The predicted octanol–water partition coefficient (Wildman–Crippen LogP) is 2.78. The van der Waals surface area contributed by atoms with Crippen LogP contribution < -0.4 is 16.0 Å². The summed E-state index contributed by atoms with van der Waals surface area (Å²) in [5, 5.41) is 9.27. The maximum atomic E-state index is 12.0. The summed E-state index contributed by atoms with van der Waals surface area (Å²) in [6.45, 7) is 8.10. The fourth-order valence-electron chi connectivity index (χ4n) is 1.93. The van der Waals surface area contributed by atoms with Gasteiger partial charge in [0.1, 0.15) is 0 Å². The molecule has 0 unspecified atom stereocenters. The number of amides is 1. The van der Waals surface area contributed by atoms with E-state index in [1.165, 1.54) is 0 Å². The van der Waals surface area contributed by atoms with Crippen molar-refractivity contribution in [1.29, 1.82) is 0 Å². The van der Waals surface area contributed by atoms with Gasteiger partial charge in [-0.2, -0.15) is 0 Å². The van der Waals surface area contributed by atoms with Crippen molar-refractivity contribution >= 4 is 51.8 Å². The first-order valence-electron chi connectivity index (χ1n) is 8.31. The molecule has 0 heterocycles. The lowest BCUT2D eigenvalue weighted by Crippen LogP contribution is -2.41. The summed E-state index contributed by atoms with van der Waals surface area (Å²) in [6, 6.07) is 7.32. The van der Waals surface area contributed by atoms with E-state index >= 15 is 0 Å². The van der Waals surface area contributed by atoms with Crippen molar-refractivity contribution in [2.45, 2.75) is 20.3 Å². The van der Waals surface area contributed by atoms with Crippen molar-refractivity contribution in [3.05, 3.63) is 34.3 Å². The molecule has 0 fully saturated rings. The Morgan fingerprint density at radius 1 is 1.20 bits per heavy atom. The SMILES string of the molecule is CCNC(=NCCCOCC)NCCNC(=O)c1cccc(Br)c1.I. The van der Waals surface area contributed by atoms with Gasteiger partial charge in [0, 0.05) is 49.4 Å². The molecular formula is C17H28BrIN4O2. The monoisotopic (exact) mass is 526 g/mol.